The molecule has 14 nitrogen and oxygen atoms in total. The van der Waals surface area contributed by atoms with Gasteiger partial charge in [-0.1, -0.05) is 0 Å². The number of hydrazine groups is 1. The van der Waals surface area contributed by atoms with Crippen molar-refractivity contribution in [2.45, 2.75) is 25.0 Å². The summed E-state index contributed by atoms with van der Waals surface area (Å²) in [5, 5.41) is 9.55. The molecule has 2 unspecified atom stereocenters. The molecular weight excluding hydrogens is 538 g/mol. The number of nitrogens with zero attached hydrogens (tertiary/aromatic N) is 7. The molecule has 2 aliphatic heterocycles. The van der Waals surface area contributed by atoms with Gasteiger partial charge in [0.25, 0.3) is 0 Å². The van der Waals surface area contributed by atoms with E-state index in [0.29, 0.717) is 40.3 Å². The van der Waals surface area contributed by atoms with Crippen molar-refractivity contribution in [3.63, 3.8) is 0 Å². The molecule has 14 heteroatoms. The summed E-state index contributed by atoms with van der Waals surface area (Å²) >= 11 is 0. The topological polar surface area (TPSA) is 162 Å². The second-order valence-corrected chi connectivity index (χ2v) is 9.75. The smallest absolute Gasteiger partial charge is 0.345 e. The first kappa shape index (κ1) is 26.8. The van der Waals surface area contributed by atoms with Crippen molar-refractivity contribution < 1.29 is 14.3 Å². The molecule has 42 heavy (non-hydrogen) atoms. The zero-order valence-corrected chi connectivity index (χ0v) is 22.8. The Balaban J connectivity index is 1.25. The molecule has 2 aliphatic rings. The number of aromatic nitrogens is 5. The molecule has 1 aromatic carbocycles. The Kier molecular flexibility index (Phi) is 7.68. The Morgan fingerprint density at radius 3 is 2.33 bits per heavy atom. The first-order chi connectivity index (χ1) is 20.5. The van der Waals surface area contributed by atoms with Gasteiger partial charge in [-0.15, -0.1) is 0 Å². The number of urea groups is 2. The molecule has 0 saturated carbocycles. The fourth-order valence-corrected chi connectivity index (χ4v) is 4.83. The monoisotopic (exact) mass is 567 g/mol. The average molecular weight is 568 g/mol. The van der Waals surface area contributed by atoms with E-state index >= 15 is 0 Å². The molecule has 2 atom stereocenters. The number of hydrogen-bond donors (Lipinski definition) is 4. The first-order valence-corrected chi connectivity index (χ1v) is 13.5. The maximum Gasteiger partial charge on any atom is 0.345 e. The fraction of sp³-hybridized carbons (Fsp3) is 0.250. The van der Waals surface area contributed by atoms with Crippen molar-refractivity contribution in [3.05, 3.63) is 73.3 Å². The van der Waals surface area contributed by atoms with Crippen molar-refractivity contribution in [3.8, 4) is 11.4 Å². The Morgan fingerprint density at radius 1 is 0.881 bits per heavy atom. The molecular formula is C28H29N11O3. The lowest BCUT2D eigenvalue weighted by atomic mass is 10.2. The largest absolute Gasteiger partial charge is 0.371 e. The second kappa shape index (κ2) is 12.0. The van der Waals surface area contributed by atoms with Gasteiger partial charge in [0.15, 0.2) is 5.82 Å². The van der Waals surface area contributed by atoms with Crippen molar-refractivity contribution in [1.82, 2.24) is 30.3 Å². The summed E-state index contributed by atoms with van der Waals surface area (Å²) in [6.07, 6.45) is 8.67. The van der Waals surface area contributed by atoms with Crippen molar-refractivity contribution >= 4 is 41.0 Å². The van der Waals surface area contributed by atoms with Crippen LogP contribution >= 0.6 is 0 Å². The van der Waals surface area contributed by atoms with Gasteiger partial charge in [-0.2, -0.15) is 15.0 Å². The van der Waals surface area contributed by atoms with Gasteiger partial charge in [-0.25, -0.2) is 20.0 Å². The molecule has 4 N–H and O–H groups in total. The van der Waals surface area contributed by atoms with Gasteiger partial charge in [0.2, 0.25) is 11.9 Å². The summed E-state index contributed by atoms with van der Waals surface area (Å²) < 4.78 is 5.97. The molecule has 4 amide bonds. The van der Waals surface area contributed by atoms with Crippen LogP contribution in [0.25, 0.3) is 11.4 Å². The summed E-state index contributed by atoms with van der Waals surface area (Å²) in [7, 11) is 1.76. The van der Waals surface area contributed by atoms with Crippen LogP contribution in [0.15, 0.2) is 73.3 Å². The van der Waals surface area contributed by atoms with Crippen LogP contribution in [0.5, 0.6) is 0 Å². The Morgan fingerprint density at radius 2 is 1.64 bits per heavy atom. The molecule has 4 aromatic rings. The van der Waals surface area contributed by atoms with Crippen LogP contribution in [0.2, 0.25) is 0 Å². The number of ether oxygens (including phenoxy) is 1. The van der Waals surface area contributed by atoms with Crippen LogP contribution in [0, 0.1) is 0 Å². The minimum atomic E-state index is -0.619. The lowest BCUT2D eigenvalue weighted by Gasteiger charge is -2.32. The number of amides is 4. The number of nitrogens with one attached hydrogen (secondary N) is 4. The lowest BCUT2D eigenvalue weighted by molar-refractivity contribution is 0.0299. The number of hydrogen-bond acceptors (Lipinski definition) is 10. The highest BCUT2D eigenvalue weighted by Crippen LogP contribution is 2.30. The Bertz CT molecular complexity index is 1530. The fourth-order valence-electron chi connectivity index (χ4n) is 4.83. The SMILES string of the molecule is CNc1nc(-c2ccc(N(NC(=O)Nc3ccncc3)C(=O)Nc3cccnc3)cc2)nc(N2CC3CCC(C2)O3)n1. The van der Waals surface area contributed by atoms with Gasteiger partial charge < -0.3 is 25.6 Å². The molecule has 0 spiro atoms. The van der Waals surface area contributed by atoms with Gasteiger partial charge in [0, 0.05) is 50.0 Å². The number of carbonyl (C=O) groups is 2. The molecule has 2 saturated heterocycles. The summed E-state index contributed by atoms with van der Waals surface area (Å²) in [6.45, 7) is 1.46. The van der Waals surface area contributed by atoms with E-state index in [1.54, 1.807) is 74.2 Å². The van der Waals surface area contributed by atoms with Gasteiger partial charge >= 0.3 is 12.1 Å². The normalized spacial score (nSPS) is 17.3. The third kappa shape index (κ3) is 6.18. The number of anilines is 5. The van der Waals surface area contributed by atoms with Crippen LogP contribution in [-0.4, -0.2) is 69.3 Å². The van der Waals surface area contributed by atoms with E-state index in [-0.39, 0.29) is 12.2 Å². The number of rotatable bonds is 6. The highest BCUT2D eigenvalue weighted by atomic mass is 16.5. The number of pyridine rings is 2. The summed E-state index contributed by atoms with van der Waals surface area (Å²) in [5.41, 5.74) is 4.70. The summed E-state index contributed by atoms with van der Waals surface area (Å²) in [6, 6.07) is 12.4. The van der Waals surface area contributed by atoms with Crippen LogP contribution < -0.4 is 31.3 Å². The molecule has 6 rings (SSSR count). The van der Waals surface area contributed by atoms with Gasteiger partial charge in [-0.05, 0) is 61.4 Å². The third-order valence-electron chi connectivity index (χ3n) is 6.82. The molecule has 214 valence electrons. The summed E-state index contributed by atoms with van der Waals surface area (Å²) in [5.74, 6) is 1.51. The van der Waals surface area contributed by atoms with Crippen LogP contribution in [0.3, 0.4) is 0 Å². The quantitative estimate of drug-likeness (QED) is 0.254. The molecule has 2 fully saturated rings. The lowest BCUT2D eigenvalue weighted by Crippen LogP contribution is -2.50. The molecule has 3 aromatic heterocycles. The minimum absolute atomic E-state index is 0.188. The average Bonchev–Trinajstić information content (AvgIpc) is 3.37. The standard InChI is InChI=1S/C28H29N11O3/c1-29-25-34-24(35-26(36-25)38-16-22-8-9-23(17-38)42-22)18-4-6-21(7-5-18)39(28(41)33-20-3-2-12-31-15-20)37-27(40)32-19-10-13-30-14-11-19/h2-7,10-15,22-23H,8-9,16-17H2,1H3,(H,33,41)(H,29,34,35,36)(H2,30,32,37,40). The van der Waals surface area contributed by atoms with Crippen molar-refractivity contribution in [1.29, 1.82) is 0 Å². The van der Waals surface area contributed by atoms with Gasteiger partial charge in [0.1, 0.15) is 0 Å². The van der Waals surface area contributed by atoms with Crippen molar-refractivity contribution in [2.24, 2.45) is 0 Å². The van der Waals surface area contributed by atoms with E-state index in [9.17, 15) is 9.59 Å². The van der Waals surface area contributed by atoms with E-state index < -0.39 is 12.1 Å². The van der Waals surface area contributed by atoms with Gasteiger partial charge in [0.05, 0.1) is 29.8 Å². The highest BCUT2D eigenvalue weighted by molar-refractivity contribution is 6.04. The van der Waals surface area contributed by atoms with Crippen molar-refractivity contribution in [2.75, 3.05) is 46.0 Å². The molecule has 2 bridgehead atoms. The molecule has 0 aliphatic carbocycles. The zero-order chi connectivity index (χ0) is 28.9. The highest BCUT2D eigenvalue weighted by Gasteiger charge is 2.35. The predicted octanol–water partition coefficient (Wildman–Crippen LogP) is 3.51. The van der Waals surface area contributed by atoms with E-state index in [1.165, 1.54) is 6.20 Å². The maximum atomic E-state index is 13.3. The molecule has 5 heterocycles. The van der Waals surface area contributed by atoms with Crippen LogP contribution in [0.1, 0.15) is 12.8 Å². The predicted molar refractivity (Wildman–Crippen MR) is 157 cm³/mol. The maximum absolute atomic E-state index is 13.3. The van der Waals surface area contributed by atoms with E-state index in [0.717, 1.165) is 30.9 Å². The molecule has 0 radical (unpaired) electrons. The van der Waals surface area contributed by atoms with E-state index in [1.807, 2.05) is 0 Å². The van der Waals surface area contributed by atoms with Crippen LogP contribution in [0.4, 0.5) is 38.5 Å². The Hall–Kier alpha value is -5.37. The summed E-state index contributed by atoms with van der Waals surface area (Å²) in [4.78, 5) is 50.1. The minimum Gasteiger partial charge on any atom is -0.371 e. The number of morpholine rings is 1. The third-order valence-corrected chi connectivity index (χ3v) is 6.82. The zero-order valence-electron chi connectivity index (χ0n) is 22.8. The number of benzene rings is 1. The second-order valence-electron chi connectivity index (χ2n) is 9.75. The first-order valence-electron chi connectivity index (χ1n) is 13.5. The van der Waals surface area contributed by atoms with E-state index in [2.05, 4.69) is 46.2 Å². The van der Waals surface area contributed by atoms with E-state index in [4.69, 9.17) is 9.72 Å². The number of fused-ring (bicyclic) bond motifs is 2. The van der Waals surface area contributed by atoms with Crippen LogP contribution in [-0.2, 0) is 4.74 Å². The Labute approximate surface area is 241 Å². The van der Waals surface area contributed by atoms with Gasteiger partial charge in [-0.3, -0.25) is 9.97 Å². The number of carbonyl (C=O) groups excluding carboxylic acids is 2.